The highest BCUT2D eigenvalue weighted by molar-refractivity contribution is 6.31. The Morgan fingerprint density at radius 2 is 1.60 bits per heavy atom. The van der Waals surface area contributed by atoms with Crippen LogP contribution in [0.3, 0.4) is 0 Å². The molecule has 0 fully saturated rings. The average molecular weight is 516 g/mol. The van der Waals surface area contributed by atoms with Crippen LogP contribution in [0.15, 0.2) is 66.4 Å². The summed E-state index contributed by atoms with van der Waals surface area (Å²) in [4.78, 5) is 36.9. The van der Waals surface area contributed by atoms with Crippen molar-refractivity contribution in [3.8, 4) is 11.5 Å². The molecule has 11 heteroatoms. The van der Waals surface area contributed by atoms with Crippen LogP contribution in [-0.4, -0.2) is 31.0 Å². The van der Waals surface area contributed by atoms with Crippen LogP contribution in [0.5, 0.6) is 11.5 Å². The zero-order chi connectivity index (χ0) is 25.5. The molecule has 0 saturated carbocycles. The van der Waals surface area contributed by atoms with E-state index in [1.807, 2.05) is 0 Å². The van der Waals surface area contributed by atoms with Gasteiger partial charge in [-0.3, -0.25) is 19.7 Å². The topological polar surface area (TPSA) is 120 Å². The summed E-state index contributed by atoms with van der Waals surface area (Å²) in [6.07, 6.45) is 1.30. The molecular weight excluding hydrogens is 497 g/mol. The van der Waals surface area contributed by atoms with Gasteiger partial charge in [0, 0.05) is 22.2 Å². The van der Waals surface area contributed by atoms with Gasteiger partial charge in [-0.25, -0.2) is 0 Å². The number of hydrogen-bond acceptors (Lipinski definition) is 6. The predicted molar refractivity (Wildman–Crippen MR) is 133 cm³/mol. The number of hydrogen-bond donors (Lipinski definition) is 2. The maximum absolute atomic E-state index is 13.2. The number of rotatable bonds is 8. The van der Waals surface area contributed by atoms with Crippen LogP contribution in [0.4, 0.5) is 11.4 Å². The molecule has 3 rings (SSSR count). The Balaban J connectivity index is 2.02. The summed E-state index contributed by atoms with van der Waals surface area (Å²) in [6.45, 7) is 0. The van der Waals surface area contributed by atoms with Gasteiger partial charge in [0.05, 0.1) is 30.4 Å². The number of halogens is 2. The highest BCUT2D eigenvalue weighted by Gasteiger charge is 2.20. The third kappa shape index (κ3) is 6.50. The first-order valence-corrected chi connectivity index (χ1v) is 10.7. The summed E-state index contributed by atoms with van der Waals surface area (Å²) in [5, 5.41) is 17.0. The summed E-state index contributed by atoms with van der Waals surface area (Å²) < 4.78 is 10.5. The molecular formula is C24H19Cl2N3O6. The zero-order valence-electron chi connectivity index (χ0n) is 18.5. The fourth-order valence-electron chi connectivity index (χ4n) is 3.07. The Labute approximate surface area is 210 Å². The Hall–Kier alpha value is -4.08. The van der Waals surface area contributed by atoms with Crippen molar-refractivity contribution in [1.82, 2.24) is 5.32 Å². The van der Waals surface area contributed by atoms with Gasteiger partial charge in [-0.2, -0.15) is 0 Å². The summed E-state index contributed by atoms with van der Waals surface area (Å²) in [5.41, 5.74) is 0.251. The number of carbonyl (C=O) groups excluding carboxylic acids is 2. The number of carbonyl (C=O) groups is 2. The van der Waals surface area contributed by atoms with Gasteiger partial charge in [0.2, 0.25) is 0 Å². The lowest BCUT2D eigenvalue weighted by molar-refractivity contribution is -0.384. The SMILES string of the molecule is COc1ccc(Cl)cc1NC(=O)/C(=C/c1cccc([N+](=O)[O-])c1)NC(=O)c1cc(Cl)ccc1OC. The summed E-state index contributed by atoms with van der Waals surface area (Å²) in [6, 6.07) is 14.7. The van der Waals surface area contributed by atoms with Gasteiger partial charge in [-0.05, 0) is 48.0 Å². The molecule has 35 heavy (non-hydrogen) atoms. The monoisotopic (exact) mass is 515 g/mol. The molecule has 0 aliphatic carbocycles. The molecule has 3 aromatic carbocycles. The number of benzene rings is 3. The quantitative estimate of drug-likeness (QED) is 0.237. The number of nitrogens with zero attached hydrogens (tertiary/aromatic N) is 1. The van der Waals surface area contributed by atoms with E-state index in [1.54, 1.807) is 24.3 Å². The molecule has 2 amide bonds. The number of amides is 2. The highest BCUT2D eigenvalue weighted by Crippen LogP contribution is 2.28. The van der Waals surface area contributed by atoms with Crippen molar-refractivity contribution in [3.05, 3.63) is 97.6 Å². The number of anilines is 1. The largest absolute Gasteiger partial charge is 0.496 e. The van der Waals surface area contributed by atoms with Crippen molar-refractivity contribution in [2.75, 3.05) is 19.5 Å². The number of ether oxygens (including phenoxy) is 2. The molecule has 0 unspecified atom stereocenters. The van der Waals surface area contributed by atoms with Gasteiger partial charge in [0.15, 0.2) is 0 Å². The lowest BCUT2D eigenvalue weighted by atomic mass is 10.1. The van der Waals surface area contributed by atoms with E-state index < -0.39 is 16.7 Å². The molecule has 9 nitrogen and oxygen atoms in total. The first kappa shape index (κ1) is 25.5. The van der Waals surface area contributed by atoms with Gasteiger partial charge in [-0.15, -0.1) is 0 Å². The first-order chi connectivity index (χ1) is 16.7. The number of non-ortho nitro benzene ring substituents is 1. The lowest BCUT2D eigenvalue weighted by Crippen LogP contribution is -2.31. The maximum atomic E-state index is 13.2. The third-order valence-corrected chi connectivity index (χ3v) is 5.17. The molecule has 0 spiro atoms. The molecule has 3 aromatic rings. The lowest BCUT2D eigenvalue weighted by Gasteiger charge is -2.15. The zero-order valence-corrected chi connectivity index (χ0v) is 20.0. The van der Waals surface area contributed by atoms with E-state index in [0.717, 1.165) is 0 Å². The van der Waals surface area contributed by atoms with Crippen LogP contribution >= 0.6 is 23.2 Å². The number of nitrogens with one attached hydrogen (secondary N) is 2. The van der Waals surface area contributed by atoms with E-state index in [-0.39, 0.29) is 33.4 Å². The van der Waals surface area contributed by atoms with Gasteiger partial charge in [0.25, 0.3) is 17.5 Å². The molecule has 0 saturated heterocycles. The van der Waals surface area contributed by atoms with Crippen LogP contribution in [-0.2, 0) is 4.79 Å². The van der Waals surface area contributed by atoms with Crippen molar-refractivity contribution in [2.45, 2.75) is 0 Å². The van der Waals surface area contributed by atoms with Crippen LogP contribution in [0.1, 0.15) is 15.9 Å². The normalized spacial score (nSPS) is 10.9. The fraction of sp³-hybridized carbons (Fsp3) is 0.0833. The van der Waals surface area contributed by atoms with Gasteiger partial charge in [0.1, 0.15) is 17.2 Å². The minimum absolute atomic E-state index is 0.0816. The van der Waals surface area contributed by atoms with Crippen molar-refractivity contribution in [3.63, 3.8) is 0 Å². The van der Waals surface area contributed by atoms with E-state index in [9.17, 15) is 19.7 Å². The second kappa shape index (κ2) is 11.4. The van der Waals surface area contributed by atoms with Gasteiger partial charge < -0.3 is 20.1 Å². The van der Waals surface area contributed by atoms with Crippen molar-refractivity contribution < 1.29 is 24.0 Å². The standard InChI is InChI=1S/C24H19Cl2N3O6/c1-34-21-8-6-15(25)12-18(21)23(30)28-20(11-14-4-3-5-17(10-14)29(32)33)24(31)27-19-13-16(26)7-9-22(19)35-2/h3-13H,1-2H3,(H,27,31)(H,28,30)/b20-11-. The number of nitro benzene ring substituents is 1. The Bertz CT molecular complexity index is 1330. The Kier molecular flexibility index (Phi) is 8.30. The second-order valence-corrected chi connectivity index (χ2v) is 7.88. The summed E-state index contributed by atoms with van der Waals surface area (Å²) >= 11 is 12.1. The smallest absolute Gasteiger partial charge is 0.272 e. The highest BCUT2D eigenvalue weighted by atomic mass is 35.5. The van der Waals surface area contributed by atoms with E-state index in [4.69, 9.17) is 32.7 Å². The summed E-state index contributed by atoms with van der Waals surface area (Å²) in [7, 11) is 2.81. The minimum Gasteiger partial charge on any atom is -0.496 e. The van der Waals surface area contributed by atoms with Gasteiger partial charge >= 0.3 is 0 Å². The molecule has 0 heterocycles. The van der Waals surface area contributed by atoms with E-state index in [0.29, 0.717) is 16.3 Å². The Morgan fingerprint density at radius 1 is 0.943 bits per heavy atom. The van der Waals surface area contributed by atoms with Gasteiger partial charge in [-0.1, -0.05) is 35.3 Å². The predicted octanol–water partition coefficient (Wildman–Crippen LogP) is 5.33. The van der Waals surface area contributed by atoms with Crippen LogP contribution < -0.4 is 20.1 Å². The molecule has 0 aliphatic rings. The van der Waals surface area contributed by atoms with Crippen LogP contribution in [0, 0.1) is 10.1 Å². The summed E-state index contributed by atoms with van der Waals surface area (Å²) in [5.74, 6) is -0.848. The molecule has 0 bridgehead atoms. The molecule has 0 aromatic heterocycles. The van der Waals surface area contributed by atoms with Crippen LogP contribution in [0.2, 0.25) is 10.0 Å². The molecule has 0 aliphatic heterocycles. The van der Waals surface area contributed by atoms with E-state index in [1.165, 1.54) is 56.7 Å². The average Bonchev–Trinajstić information content (AvgIpc) is 2.83. The van der Waals surface area contributed by atoms with Crippen LogP contribution in [0.25, 0.3) is 6.08 Å². The Morgan fingerprint density at radius 3 is 2.26 bits per heavy atom. The fourth-order valence-corrected chi connectivity index (χ4v) is 3.41. The maximum Gasteiger partial charge on any atom is 0.272 e. The number of nitro groups is 1. The number of methoxy groups -OCH3 is 2. The second-order valence-electron chi connectivity index (χ2n) is 7.01. The molecule has 180 valence electrons. The van der Waals surface area contributed by atoms with Crippen molar-refractivity contribution in [2.24, 2.45) is 0 Å². The molecule has 0 atom stereocenters. The minimum atomic E-state index is -0.730. The molecule has 0 radical (unpaired) electrons. The molecule has 2 N–H and O–H groups in total. The van der Waals surface area contributed by atoms with Crippen molar-refractivity contribution >= 4 is 52.5 Å². The first-order valence-electron chi connectivity index (χ1n) is 9.97. The van der Waals surface area contributed by atoms with E-state index in [2.05, 4.69) is 10.6 Å². The third-order valence-electron chi connectivity index (χ3n) is 4.70. The van der Waals surface area contributed by atoms with E-state index >= 15 is 0 Å². The van der Waals surface area contributed by atoms with Crippen molar-refractivity contribution in [1.29, 1.82) is 0 Å².